The van der Waals surface area contributed by atoms with E-state index in [0.717, 1.165) is 120 Å². The summed E-state index contributed by atoms with van der Waals surface area (Å²) in [5.41, 5.74) is 12.9. The molecule has 10 heteroatoms. The van der Waals surface area contributed by atoms with E-state index in [4.69, 9.17) is 4.74 Å². The van der Waals surface area contributed by atoms with Crippen LogP contribution in [0.3, 0.4) is 0 Å². The quantitative estimate of drug-likeness (QED) is 0.157. The number of aliphatic hydroxyl groups is 1. The van der Waals surface area contributed by atoms with Crippen LogP contribution in [0.4, 0.5) is 0 Å². The zero-order valence-corrected chi connectivity index (χ0v) is 52.7. The van der Waals surface area contributed by atoms with Crippen molar-refractivity contribution >= 4 is 37.6 Å². The Morgan fingerprint density at radius 2 is 1.10 bits per heavy atom. The number of pyridine rings is 3. The lowest BCUT2D eigenvalue weighted by atomic mass is 9.53. The van der Waals surface area contributed by atoms with Gasteiger partial charge in [-0.25, -0.2) is 0 Å². The number of carbonyl (C=O) groups excluding carboxylic acids is 1. The first-order chi connectivity index (χ1) is 39.9. The topological polar surface area (TPSA) is 126 Å². The van der Waals surface area contributed by atoms with E-state index in [0.29, 0.717) is 59.2 Å². The number of fused-ring (bicyclic) bond motifs is 17. The smallest absolute Gasteiger partial charge is 0.141 e. The van der Waals surface area contributed by atoms with Crippen LogP contribution in [0.1, 0.15) is 191 Å². The number of hydrogen-bond acceptors (Lipinski definition) is 8. The Bertz CT molecular complexity index is 3390. The van der Waals surface area contributed by atoms with Crippen LogP contribution in [0.5, 0.6) is 17.2 Å². The minimum atomic E-state index is -0.646. The van der Waals surface area contributed by atoms with Crippen molar-refractivity contribution in [3.8, 4) is 17.2 Å². The van der Waals surface area contributed by atoms with E-state index in [-0.39, 0.29) is 21.8 Å². The third-order valence-electron chi connectivity index (χ3n) is 24.5. The number of hydrogen-bond donors (Lipinski definition) is 3. The lowest BCUT2D eigenvalue weighted by molar-refractivity contribution is -0.129. The number of nitrogens with zero attached hydrogens (tertiary/aromatic N) is 3. The number of aromatic hydroxyl groups is 2. The van der Waals surface area contributed by atoms with Gasteiger partial charge in [-0.3, -0.25) is 19.7 Å². The number of ketones is 1. The van der Waals surface area contributed by atoms with E-state index in [1.807, 2.05) is 73.9 Å². The van der Waals surface area contributed by atoms with Crippen molar-refractivity contribution in [3.63, 3.8) is 0 Å². The number of phenols is 2. The highest BCUT2D eigenvalue weighted by Crippen LogP contribution is 2.68. The Hall–Kier alpha value is -4.90. The number of ether oxygens (including phenoxy) is 1. The van der Waals surface area contributed by atoms with Gasteiger partial charge < -0.3 is 20.1 Å². The van der Waals surface area contributed by atoms with Crippen LogP contribution < -0.4 is 4.74 Å². The summed E-state index contributed by atoms with van der Waals surface area (Å²) < 4.78 is 8.79. The van der Waals surface area contributed by atoms with Crippen molar-refractivity contribution < 1.29 is 24.9 Å². The molecule has 6 aromatic rings. The van der Waals surface area contributed by atoms with Crippen molar-refractivity contribution in [1.82, 2.24) is 15.0 Å². The lowest BCUT2D eigenvalue weighted by Gasteiger charge is -2.53. The number of benzene rings is 3. The fourth-order valence-corrected chi connectivity index (χ4v) is 20.7. The second-order valence-electron chi connectivity index (χ2n) is 28.1. The minimum absolute atomic E-state index is 0.00662. The third-order valence-corrected chi connectivity index (χ3v) is 26.0. The molecule has 1 spiro atoms. The van der Waals surface area contributed by atoms with Gasteiger partial charge in [-0.05, 0) is 308 Å². The molecule has 0 bridgehead atoms. The second kappa shape index (κ2) is 22.1. The summed E-state index contributed by atoms with van der Waals surface area (Å²) in [5, 5.41) is 31.4. The monoisotopic (exact) mass is 1240 g/mol. The van der Waals surface area contributed by atoms with Gasteiger partial charge in [0.15, 0.2) is 0 Å². The maximum absolute atomic E-state index is 12.3. The van der Waals surface area contributed by atoms with Gasteiger partial charge in [-0.15, -0.1) is 0 Å². The predicted molar refractivity (Wildman–Crippen MR) is 335 cm³/mol. The van der Waals surface area contributed by atoms with E-state index >= 15 is 0 Å². The maximum Gasteiger partial charge on any atom is 0.141 e. The van der Waals surface area contributed by atoms with Gasteiger partial charge in [0.2, 0.25) is 0 Å². The standard InChI is InChI=1S/C25H30BrNO.C24H27NO2.C18H22O2.C6H6BrN/c1-16-5-7-18-17(14-16)6-8-20-19(18)9-11-24(2)21(20)10-12-25(24,28)15-23-22(26)4-3-13-27-23;1-23-10-8-18-17-7-5-16(26)13-15(17)4-6-19(18)20(23)9-11-24(23)14-21-22(27-24)3-2-12-25-21;1-18-9-8-14-13-5-3-12(19)10-11(13)2-4-15(14)16(18)6-7-17(18)20;1-5-6(7)3-2-4-8-5/h3-5,7,13-14,19-21,28H,6,8-12,15H2,1-2H3;2-3,5,7,12-13,18-20,26H,4,6,8-11,14H2,1H3;3,5,10,14-16,19H,2,4,6-9H2,1H3;2-4H,1H3/t19-,20-,21+,24+,25-;18-,19-,20+,23+,24-;14-,15-,16+,18+;/m111./s1. The first-order valence-electron chi connectivity index (χ1n) is 31.7. The molecule has 1 aliphatic heterocycles. The van der Waals surface area contributed by atoms with Crippen LogP contribution in [0.2, 0.25) is 0 Å². The molecule has 4 heterocycles. The Kier molecular flexibility index (Phi) is 15.2. The van der Waals surface area contributed by atoms with E-state index < -0.39 is 5.60 Å². The molecule has 6 saturated carbocycles. The number of aryl methyl sites for hydroxylation is 5. The molecule has 0 amide bonds. The Balaban J connectivity index is 0.000000110. The molecule has 3 aromatic heterocycles. The van der Waals surface area contributed by atoms with Crippen molar-refractivity contribution in [2.45, 2.75) is 192 Å². The van der Waals surface area contributed by atoms with Crippen LogP contribution >= 0.6 is 31.9 Å². The van der Waals surface area contributed by atoms with E-state index in [1.165, 1.54) is 79.2 Å². The second-order valence-corrected chi connectivity index (χ2v) is 29.8. The molecule has 3 aromatic carbocycles. The average molecular weight is 1240 g/mol. The van der Waals surface area contributed by atoms with Gasteiger partial charge >= 0.3 is 0 Å². The molecular formula is C73H85Br2N3O5. The van der Waals surface area contributed by atoms with Gasteiger partial charge in [0.25, 0.3) is 0 Å². The first-order valence-corrected chi connectivity index (χ1v) is 33.3. The highest BCUT2D eigenvalue weighted by Gasteiger charge is 2.66. The van der Waals surface area contributed by atoms with Gasteiger partial charge in [0.1, 0.15) is 28.6 Å². The molecule has 16 rings (SSSR count). The van der Waals surface area contributed by atoms with Crippen LogP contribution in [0.25, 0.3) is 0 Å². The molecule has 10 aliphatic rings. The molecule has 83 heavy (non-hydrogen) atoms. The fourth-order valence-electron chi connectivity index (χ4n) is 20.0. The number of halogens is 2. The summed E-state index contributed by atoms with van der Waals surface area (Å²) >= 11 is 6.97. The van der Waals surface area contributed by atoms with Crippen molar-refractivity contribution in [2.75, 3.05) is 0 Å². The number of carbonyl (C=O) groups is 1. The fraction of sp³-hybridized carbons (Fsp3) is 0.534. The number of rotatable bonds is 2. The van der Waals surface area contributed by atoms with Gasteiger partial charge in [-0.2, -0.15) is 0 Å². The molecule has 436 valence electrons. The molecule has 8 nitrogen and oxygen atoms in total. The molecule has 14 atom stereocenters. The minimum Gasteiger partial charge on any atom is -0.508 e. The Morgan fingerprint density at radius 3 is 1.71 bits per heavy atom. The van der Waals surface area contributed by atoms with Crippen LogP contribution in [0, 0.1) is 65.6 Å². The number of Topliss-reactive ketones (excluding diaryl/α,β-unsaturated/α-hetero) is 1. The average Bonchev–Trinajstić information content (AvgIpc) is 2.37. The highest BCUT2D eigenvalue weighted by molar-refractivity contribution is 9.10. The summed E-state index contributed by atoms with van der Waals surface area (Å²) in [6, 6.07) is 31.0. The lowest BCUT2D eigenvalue weighted by Crippen LogP contribution is -2.53. The van der Waals surface area contributed by atoms with Gasteiger partial charge in [-0.1, -0.05) is 56.7 Å². The normalized spacial score (nSPS) is 35.2. The summed E-state index contributed by atoms with van der Waals surface area (Å²) in [7, 11) is 0. The molecule has 3 N–H and O–H groups in total. The number of aromatic nitrogens is 3. The summed E-state index contributed by atoms with van der Waals surface area (Å²) in [4.78, 5) is 25.5. The van der Waals surface area contributed by atoms with Gasteiger partial charge in [0.05, 0.1) is 22.7 Å². The van der Waals surface area contributed by atoms with Crippen LogP contribution in [-0.2, 0) is 36.9 Å². The highest BCUT2D eigenvalue weighted by atomic mass is 79.9. The molecule has 0 radical (unpaired) electrons. The molecule has 0 unspecified atom stereocenters. The van der Waals surface area contributed by atoms with Crippen molar-refractivity contribution in [3.05, 3.63) is 175 Å². The first kappa shape index (κ1) is 57.2. The third kappa shape index (κ3) is 9.85. The molecule has 6 fully saturated rings. The van der Waals surface area contributed by atoms with E-state index in [1.54, 1.807) is 17.3 Å². The SMILES string of the molecule is C[C@]12CC[C@@H]3c4ccc(O)cc4CC[C@H]3[C@@H]1CCC2=O.C[C@]12CC[C@@H]3c4ccc(O)cc4CC[C@H]3[C@@H]1CC[C@@]21Cc2ncccc2O1.Cc1ccc2c(c1)CC[C@@H]1[C@@H]2CC[C@@]2(C)[C@H]1CC[C@@]2(O)Cc1ncccc1Br.Cc1ncccc1Br. The Labute approximate surface area is 509 Å². The zero-order valence-electron chi connectivity index (χ0n) is 49.5. The van der Waals surface area contributed by atoms with E-state index in [9.17, 15) is 20.1 Å². The largest absolute Gasteiger partial charge is 0.508 e. The Morgan fingerprint density at radius 1 is 0.554 bits per heavy atom. The van der Waals surface area contributed by atoms with Crippen molar-refractivity contribution in [2.24, 2.45) is 51.8 Å². The van der Waals surface area contributed by atoms with Gasteiger partial charge in [0, 0.05) is 57.6 Å². The van der Waals surface area contributed by atoms with Crippen LogP contribution in [0.15, 0.2) is 119 Å². The van der Waals surface area contributed by atoms with Crippen LogP contribution in [-0.4, -0.2) is 47.3 Å². The van der Waals surface area contributed by atoms with Crippen molar-refractivity contribution in [1.29, 1.82) is 0 Å². The maximum atomic E-state index is 12.3. The summed E-state index contributed by atoms with van der Waals surface area (Å²) in [6.07, 6.45) is 27.6. The summed E-state index contributed by atoms with van der Waals surface area (Å²) in [6.45, 7) is 11.3. The number of phenolic OH excluding ortho intramolecular Hbond substituents is 2. The molecule has 0 saturated heterocycles. The predicted octanol–water partition coefficient (Wildman–Crippen LogP) is 17.0. The summed E-state index contributed by atoms with van der Waals surface area (Å²) in [5.74, 6) is 8.38. The molecule has 9 aliphatic carbocycles. The molecular weight excluding hydrogens is 1160 g/mol. The van der Waals surface area contributed by atoms with E-state index in [2.05, 4.69) is 111 Å². The zero-order chi connectivity index (χ0) is 57.6.